The van der Waals surface area contributed by atoms with Crippen LogP contribution in [-0.2, 0) is 0 Å². The molecule has 0 amide bonds. The zero-order valence-electron chi connectivity index (χ0n) is 7.25. The lowest BCUT2D eigenvalue weighted by Crippen LogP contribution is -2.19. The molecule has 0 bridgehead atoms. The van der Waals surface area contributed by atoms with Crippen LogP contribution in [0.1, 0.15) is 5.56 Å². The Morgan fingerprint density at radius 3 is 2.38 bits per heavy atom. The first-order valence-electron chi connectivity index (χ1n) is 4.20. The van der Waals surface area contributed by atoms with E-state index in [4.69, 9.17) is 11.5 Å². The van der Waals surface area contributed by atoms with Gasteiger partial charge >= 0.3 is 0 Å². The molecule has 1 aliphatic heterocycles. The summed E-state index contributed by atoms with van der Waals surface area (Å²) in [6.45, 7) is 1.72. The standard InChI is InChI=1S/C9H12N4/c10-7-3-6(4-8(11)5-7)9-12-1-2-13-9/h3-5H,1-2,10-11H2,(H,12,13). The summed E-state index contributed by atoms with van der Waals surface area (Å²) < 4.78 is 0. The highest BCUT2D eigenvalue weighted by molar-refractivity contribution is 6.01. The Balaban J connectivity index is 2.39. The summed E-state index contributed by atoms with van der Waals surface area (Å²) >= 11 is 0. The lowest BCUT2D eigenvalue weighted by Gasteiger charge is -2.04. The highest BCUT2D eigenvalue weighted by Crippen LogP contribution is 2.14. The average Bonchev–Trinajstić information content (AvgIpc) is 2.53. The van der Waals surface area contributed by atoms with Gasteiger partial charge in [0.25, 0.3) is 0 Å². The van der Waals surface area contributed by atoms with Crippen LogP contribution in [0.2, 0.25) is 0 Å². The molecule has 0 atom stereocenters. The van der Waals surface area contributed by atoms with Gasteiger partial charge in [-0.2, -0.15) is 0 Å². The Morgan fingerprint density at radius 2 is 1.85 bits per heavy atom. The second kappa shape index (κ2) is 2.97. The monoisotopic (exact) mass is 176 g/mol. The topological polar surface area (TPSA) is 76.4 Å². The van der Waals surface area contributed by atoms with Crippen molar-refractivity contribution in [2.45, 2.75) is 0 Å². The third-order valence-electron chi connectivity index (χ3n) is 1.93. The summed E-state index contributed by atoms with van der Waals surface area (Å²) in [5.41, 5.74) is 13.6. The fourth-order valence-electron chi connectivity index (χ4n) is 1.40. The van der Waals surface area contributed by atoms with Crippen LogP contribution >= 0.6 is 0 Å². The summed E-state index contributed by atoms with van der Waals surface area (Å²) in [7, 11) is 0. The maximum absolute atomic E-state index is 5.66. The molecule has 0 aromatic heterocycles. The summed E-state index contributed by atoms with van der Waals surface area (Å²) in [6.07, 6.45) is 0. The van der Waals surface area contributed by atoms with Gasteiger partial charge in [-0.3, -0.25) is 4.99 Å². The van der Waals surface area contributed by atoms with Crippen molar-refractivity contribution in [3.8, 4) is 0 Å². The van der Waals surface area contributed by atoms with Gasteiger partial charge in [0.2, 0.25) is 0 Å². The molecule has 1 aliphatic rings. The van der Waals surface area contributed by atoms with Crippen LogP contribution in [0.3, 0.4) is 0 Å². The van der Waals surface area contributed by atoms with Gasteiger partial charge < -0.3 is 16.8 Å². The molecule has 0 radical (unpaired) electrons. The van der Waals surface area contributed by atoms with E-state index in [-0.39, 0.29) is 0 Å². The van der Waals surface area contributed by atoms with Crippen molar-refractivity contribution in [3.05, 3.63) is 23.8 Å². The number of nitrogens with one attached hydrogen (secondary N) is 1. The lowest BCUT2D eigenvalue weighted by molar-refractivity contribution is 0.960. The van der Waals surface area contributed by atoms with Crippen LogP contribution in [0.5, 0.6) is 0 Å². The first-order valence-corrected chi connectivity index (χ1v) is 4.20. The molecular weight excluding hydrogens is 164 g/mol. The predicted molar refractivity (Wildman–Crippen MR) is 54.7 cm³/mol. The van der Waals surface area contributed by atoms with Crippen LogP contribution in [0.15, 0.2) is 23.2 Å². The molecule has 0 unspecified atom stereocenters. The molecule has 0 fully saturated rings. The number of rotatable bonds is 1. The number of amidine groups is 1. The van der Waals surface area contributed by atoms with Gasteiger partial charge in [-0.05, 0) is 18.2 Å². The molecular formula is C9H12N4. The van der Waals surface area contributed by atoms with Crippen LogP contribution in [0, 0.1) is 0 Å². The third kappa shape index (κ3) is 1.56. The van der Waals surface area contributed by atoms with E-state index < -0.39 is 0 Å². The Bertz CT molecular complexity index is 336. The van der Waals surface area contributed by atoms with Gasteiger partial charge in [0, 0.05) is 23.5 Å². The van der Waals surface area contributed by atoms with Gasteiger partial charge in [-0.1, -0.05) is 0 Å². The maximum Gasteiger partial charge on any atom is 0.128 e. The van der Waals surface area contributed by atoms with Crippen molar-refractivity contribution in [1.29, 1.82) is 0 Å². The molecule has 0 spiro atoms. The van der Waals surface area contributed by atoms with E-state index in [2.05, 4.69) is 10.3 Å². The SMILES string of the molecule is Nc1cc(N)cc(C2=NCCN2)c1. The van der Waals surface area contributed by atoms with Crippen molar-refractivity contribution >= 4 is 17.2 Å². The van der Waals surface area contributed by atoms with E-state index in [9.17, 15) is 0 Å². The summed E-state index contributed by atoms with van der Waals surface area (Å²) in [6, 6.07) is 5.47. The van der Waals surface area contributed by atoms with Crippen molar-refractivity contribution in [2.24, 2.45) is 4.99 Å². The van der Waals surface area contributed by atoms with E-state index in [1.807, 2.05) is 12.1 Å². The fourth-order valence-corrected chi connectivity index (χ4v) is 1.40. The van der Waals surface area contributed by atoms with E-state index in [1.165, 1.54) is 0 Å². The highest BCUT2D eigenvalue weighted by Gasteiger charge is 2.08. The number of hydrogen-bond donors (Lipinski definition) is 3. The van der Waals surface area contributed by atoms with Crippen molar-refractivity contribution < 1.29 is 0 Å². The number of anilines is 2. The normalized spacial score (nSPS) is 15.2. The maximum atomic E-state index is 5.66. The van der Waals surface area contributed by atoms with Crippen LogP contribution < -0.4 is 16.8 Å². The number of nitrogens with zero attached hydrogens (tertiary/aromatic N) is 1. The van der Waals surface area contributed by atoms with Crippen LogP contribution in [0.25, 0.3) is 0 Å². The van der Waals surface area contributed by atoms with Crippen molar-refractivity contribution in [1.82, 2.24) is 5.32 Å². The van der Waals surface area contributed by atoms with Crippen molar-refractivity contribution in [3.63, 3.8) is 0 Å². The summed E-state index contributed by atoms with van der Waals surface area (Å²) in [5, 5.41) is 3.17. The molecule has 1 aromatic rings. The minimum atomic E-state index is 0.673. The predicted octanol–water partition coefficient (Wildman–Crippen LogP) is 0.201. The minimum Gasteiger partial charge on any atom is -0.399 e. The van der Waals surface area contributed by atoms with Gasteiger partial charge in [-0.15, -0.1) is 0 Å². The molecule has 0 saturated heterocycles. The lowest BCUT2D eigenvalue weighted by atomic mass is 10.1. The quantitative estimate of drug-likeness (QED) is 0.535. The molecule has 0 saturated carbocycles. The van der Waals surface area contributed by atoms with E-state index in [0.717, 1.165) is 24.5 Å². The molecule has 0 aliphatic carbocycles. The highest BCUT2D eigenvalue weighted by atomic mass is 15.1. The van der Waals surface area contributed by atoms with Gasteiger partial charge in [0.05, 0.1) is 6.54 Å². The Labute approximate surface area is 76.6 Å². The summed E-state index contributed by atoms with van der Waals surface area (Å²) in [5.74, 6) is 0.888. The molecule has 13 heavy (non-hydrogen) atoms. The van der Waals surface area contributed by atoms with Gasteiger partial charge in [-0.25, -0.2) is 0 Å². The molecule has 1 heterocycles. The molecule has 1 aromatic carbocycles. The Morgan fingerprint density at radius 1 is 1.15 bits per heavy atom. The van der Waals surface area contributed by atoms with Gasteiger partial charge in [0.15, 0.2) is 0 Å². The first kappa shape index (κ1) is 7.91. The minimum absolute atomic E-state index is 0.673. The van der Waals surface area contributed by atoms with Crippen LogP contribution in [0.4, 0.5) is 11.4 Å². The number of nitrogens with two attached hydrogens (primary N) is 2. The number of aliphatic imine (C=N–C) groups is 1. The second-order valence-corrected chi connectivity index (χ2v) is 3.05. The first-order chi connectivity index (χ1) is 6.25. The van der Waals surface area contributed by atoms with Gasteiger partial charge in [0.1, 0.15) is 5.84 Å². The summed E-state index contributed by atoms with van der Waals surface area (Å²) in [4.78, 5) is 4.28. The Kier molecular flexibility index (Phi) is 1.81. The zero-order chi connectivity index (χ0) is 9.26. The van der Waals surface area contributed by atoms with E-state index in [1.54, 1.807) is 6.07 Å². The molecule has 4 nitrogen and oxygen atoms in total. The van der Waals surface area contributed by atoms with Crippen molar-refractivity contribution in [2.75, 3.05) is 24.6 Å². The number of benzene rings is 1. The molecule has 2 rings (SSSR count). The number of nitrogen functional groups attached to an aromatic ring is 2. The third-order valence-corrected chi connectivity index (χ3v) is 1.93. The molecule has 68 valence electrons. The molecule has 4 heteroatoms. The largest absolute Gasteiger partial charge is 0.399 e. The molecule has 5 N–H and O–H groups in total. The smallest absolute Gasteiger partial charge is 0.128 e. The number of hydrogen-bond acceptors (Lipinski definition) is 4. The zero-order valence-corrected chi connectivity index (χ0v) is 7.25. The van der Waals surface area contributed by atoms with Crippen LogP contribution in [-0.4, -0.2) is 18.9 Å². The fraction of sp³-hybridized carbons (Fsp3) is 0.222. The Hall–Kier alpha value is -1.71. The van der Waals surface area contributed by atoms with E-state index in [0.29, 0.717) is 11.4 Å². The second-order valence-electron chi connectivity index (χ2n) is 3.05. The van der Waals surface area contributed by atoms with E-state index >= 15 is 0 Å². The average molecular weight is 176 g/mol.